The lowest BCUT2D eigenvalue weighted by atomic mass is 9.92. The normalized spacial score (nSPS) is 23.3. The Bertz CT molecular complexity index is 462. The fourth-order valence-corrected chi connectivity index (χ4v) is 2.65. The van der Waals surface area contributed by atoms with Crippen molar-refractivity contribution in [1.82, 2.24) is 5.32 Å². The van der Waals surface area contributed by atoms with Crippen LogP contribution in [0.2, 0.25) is 0 Å². The van der Waals surface area contributed by atoms with Crippen molar-refractivity contribution in [2.75, 3.05) is 0 Å². The molecule has 0 spiro atoms. The summed E-state index contributed by atoms with van der Waals surface area (Å²) in [5.41, 5.74) is 1.78. The number of nitro groups is 1. The summed E-state index contributed by atoms with van der Waals surface area (Å²) < 4.78 is 0. The first-order valence-corrected chi connectivity index (χ1v) is 6.74. The van der Waals surface area contributed by atoms with Gasteiger partial charge in [-0.15, -0.1) is 0 Å². The Kier molecular flexibility index (Phi) is 4.50. The second-order valence-electron chi connectivity index (χ2n) is 5.16. The molecule has 0 aromatic heterocycles. The van der Waals surface area contributed by atoms with Crippen LogP contribution in [0.3, 0.4) is 0 Å². The van der Waals surface area contributed by atoms with Crippen LogP contribution in [0.1, 0.15) is 36.8 Å². The van der Waals surface area contributed by atoms with E-state index in [0.29, 0.717) is 12.1 Å². The molecule has 1 aliphatic carbocycles. The first kappa shape index (κ1) is 14.0. The fraction of sp³-hybridized carbons (Fsp3) is 0.571. The maximum atomic E-state index is 10.9. The van der Waals surface area contributed by atoms with E-state index in [1.165, 1.54) is 6.07 Å². The highest BCUT2D eigenvalue weighted by Gasteiger charge is 2.22. The van der Waals surface area contributed by atoms with E-state index < -0.39 is 0 Å². The lowest BCUT2D eigenvalue weighted by Crippen LogP contribution is -2.41. The quantitative estimate of drug-likeness (QED) is 0.646. The van der Waals surface area contributed by atoms with Crippen molar-refractivity contribution in [3.63, 3.8) is 0 Å². The smallest absolute Gasteiger partial charge is 0.272 e. The van der Waals surface area contributed by atoms with Crippen LogP contribution in [0.5, 0.6) is 0 Å². The van der Waals surface area contributed by atoms with Crippen LogP contribution in [-0.2, 0) is 6.54 Å². The zero-order chi connectivity index (χ0) is 13.8. The predicted molar refractivity (Wildman–Crippen MR) is 72.9 cm³/mol. The number of aliphatic hydroxyl groups is 1. The van der Waals surface area contributed by atoms with E-state index in [2.05, 4.69) is 5.32 Å². The topological polar surface area (TPSA) is 75.4 Å². The summed E-state index contributed by atoms with van der Waals surface area (Å²) in [4.78, 5) is 10.5. The highest BCUT2D eigenvalue weighted by atomic mass is 16.6. The van der Waals surface area contributed by atoms with Crippen molar-refractivity contribution in [3.8, 4) is 0 Å². The summed E-state index contributed by atoms with van der Waals surface area (Å²) >= 11 is 0. The second kappa shape index (κ2) is 6.12. The maximum absolute atomic E-state index is 10.9. The van der Waals surface area contributed by atoms with Crippen LogP contribution in [0.4, 0.5) is 5.69 Å². The number of rotatable bonds is 4. The van der Waals surface area contributed by atoms with E-state index in [1.807, 2.05) is 6.07 Å². The average molecular weight is 264 g/mol. The van der Waals surface area contributed by atoms with Crippen molar-refractivity contribution in [1.29, 1.82) is 0 Å². The van der Waals surface area contributed by atoms with Crippen LogP contribution in [0.25, 0.3) is 0 Å². The largest absolute Gasteiger partial charge is 0.392 e. The maximum Gasteiger partial charge on any atom is 0.272 e. The summed E-state index contributed by atoms with van der Waals surface area (Å²) in [6.45, 7) is 2.34. The number of nitro benzene ring substituents is 1. The van der Waals surface area contributed by atoms with Gasteiger partial charge in [-0.05, 0) is 25.3 Å². The fourth-order valence-electron chi connectivity index (χ4n) is 2.65. The molecule has 5 heteroatoms. The molecule has 0 heterocycles. The van der Waals surface area contributed by atoms with Gasteiger partial charge in [0.2, 0.25) is 0 Å². The third-order valence-corrected chi connectivity index (χ3v) is 3.90. The summed E-state index contributed by atoms with van der Waals surface area (Å²) in [6.07, 6.45) is 3.71. The number of nitrogens with zero attached hydrogens (tertiary/aromatic N) is 1. The zero-order valence-corrected chi connectivity index (χ0v) is 11.1. The van der Waals surface area contributed by atoms with E-state index in [-0.39, 0.29) is 22.8 Å². The molecule has 1 aliphatic rings. The summed E-state index contributed by atoms with van der Waals surface area (Å²) in [7, 11) is 0. The van der Waals surface area contributed by atoms with Gasteiger partial charge in [-0.1, -0.05) is 25.0 Å². The Labute approximate surface area is 112 Å². The molecular formula is C14H20N2O3. The van der Waals surface area contributed by atoms with Gasteiger partial charge >= 0.3 is 0 Å². The summed E-state index contributed by atoms with van der Waals surface area (Å²) in [6, 6.07) is 5.23. The Morgan fingerprint density at radius 2 is 2.16 bits per heavy atom. The Hall–Kier alpha value is -1.46. The number of aliphatic hydroxyl groups excluding tert-OH is 1. The van der Waals surface area contributed by atoms with Crippen molar-refractivity contribution in [3.05, 3.63) is 39.4 Å². The molecule has 1 aromatic rings. The molecular weight excluding hydrogens is 244 g/mol. The third-order valence-electron chi connectivity index (χ3n) is 3.90. The number of hydrogen-bond acceptors (Lipinski definition) is 4. The number of benzene rings is 1. The van der Waals surface area contributed by atoms with E-state index in [4.69, 9.17) is 0 Å². The lowest BCUT2D eigenvalue weighted by molar-refractivity contribution is -0.385. The predicted octanol–water partition coefficient (Wildman–Crippen LogP) is 2.30. The first-order valence-electron chi connectivity index (χ1n) is 6.74. The molecule has 0 amide bonds. The minimum atomic E-state index is -0.353. The molecule has 0 radical (unpaired) electrons. The van der Waals surface area contributed by atoms with Crippen LogP contribution in [0, 0.1) is 17.0 Å². The highest BCUT2D eigenvalue weighted by Crippen LogP contribution is 2.22. The van der Waals surface area contributed by atoms with Gasteiger partial charge in [0, 0.05) is 24.2 Å². The van der Waals surface area contributed by atoms with Gasteiger partial charge in [0.25, 0.3) is 5.69 Å². The Morgan fingerprint density at radius 1 is 1.42 bits per heavy atom. The van der Waals surface area contributed by atoms with Crippen molar-refractivity contribution in [2.45, 2.75) is 51.3 Å². The van der Waals surface area contributed by atoms with Gasteiger partial charge in [0.1, 0.15) is 0 Å². The molecule has 2 atom stereocenters. The monoisotopic (exact) mass is 264 g/mol. The molecule has 0 unspecified atom stereocenters. The van der Waals surface area contributed by atoms with Gasteiger partial charge in [0.05, 0.1) is 11.0 Å². The van der Waals surface area contributed by atoms with E-state index >= 15 is 0 Å². The van der Waals surface area contributed by atoms with Gasteiger partial charge in [0.15, 0.2) is 0 Å². The minimum absolute atomic E-state index is 0.104. The molecule has 1 aromatic carbocycles. The van der Waals surface area contributed by atoms with Crippen molar-refractivity contribution < 1.29 is 10.0 Å². The molecule has 2 rings (SSSR count). The third kappa shape index (κ3) is 3.30. The Balaban J connectivity index is 2.03. The lowest BCUT2D eigenvalue weighted by Gasteiger charge is -2.28. The molecule has 2 N–H and O–H groups in total. The van der Waals surface area contributed by atoms with Gasteiger partial charge in [-0.25, -0.2) is 0 Å². The second-order valence-corrected chi connectivity index (χ2v) is 5.16. The molecule has 0 bridgehead atoms. The molecule has 5 nitrogen and oxygen atoms in total. The SMILES string of the molecule is Cc1c(CN[C@@H]2CCCC[C@H]2O)cccc1[N+](=O)[O-]. The molecule has 1 fully saturated rings. The Morgan fingerprint density at radius 3 is 2.84 bits per heavy atom. The molecule has 1 saturated carbocycles. The van der Waals surface area contributed by atoms with E-state index in [0.717, 1.165) is 31.2 Å². The molecule has 0 aliphatic heterocycles. The van der Waals surface area contributed by atoms with Crippen LogP contribution in [0.15, 0.2) is 18.2 Å². The highest BCUT2D eigenvalue weighted by molar-refractivity contribution is 5.44. The summed E-state index contributed by atoms with van der Waals surface area (Å²) in [5, 5.41) is 24.1. The van der Waals surface area contributed by atoms with E-state index in [1.54, 1.807) is 13.0 Å². The molecule has 0 saturated heterocycles. The van der Waals surface area contributed by atoms with Crippen molar-refractivity contribution in [2.24, 2.45) is 0 Å². The average Bonchev–Trinajstić information content (AvgIpc) is 2.39. The van der Waals surface area contributed by atoms with Crippen molar-refractivity contribution >= 4 is 5.69 Å². The zero-order valence-electron chi connectivity index (χ0n) is 11.1. The van der Waals surface area contributed by atoms with Crippen LogP contribution >= 0.6 is 0 Å². The van der Waals surface area contributed by atoms with Gasteiger partial charge in [-0.2, -0.15) is 0 Å². The standard InChI is InChI=1S/C14H20N2O3/c1-10-11(5-4-7-13(10)16(18)19)9-15-12-6-2-3-8-14(12)17/h4-5,7,12,14-15,17H,2-3,6,8-9H2,1H3/t12-,14-/m1/s1. The number of hydrogen-bond donors (Lipinski definition) is 2. The first-order chi connectivity index (χ1) is 9.09. The number of nitrogens with one attached hydrogen (secondary N) is 1. The van der Waals surface area contributed by atoms with Gasteiger partial charge < -0.3 is 10.4 Å². The van der Waals surface area contributed by atoms with E-state index in [9.17, 15) is 15.2 Å². The molecule has 19 heavy (non-hydrogen) atoms. The molecule has 104 valence electrons. The minimum Gasteiger partial charge on any atom is -0.392 e. The summed E-state index contributed by atoms with van der Waals surface area (Å²) in [5.74, 6) is 0. The van der Waals surface area contributed by atoms with Crippen LogP contribution < -0.4 is 5.32 Å². The van der Waals surface area contributed by atoms with Crippen LogP contribution in [-0.4, -0.2) is 22.2 Å². The van der Waals surface area contributed by atoms with Gasteiger partial charge in [-0.3, -0.25) is 10.1 Å².